The quantitative estimate of drug-likeness (QED) is 0.654. The molecule has 0 aliphatic carbocycles. The first kappa shape index (κ1) is 8.26. The summed E-state index contributed by atoms with van der Waals surface area (Å²) in [6.07, 6.45) is 4.38. The Hall–Kier alpha value is -0.840. The molecule has 1 rings (SSSR count). The van der Waals surface area contributed by atoms with Gasteiger partial charge >= 0.3 is 0 Å². The van der Waals surface area contributed by atoms with Crippen molar-refractivity contribution < 1.29 is 8.42 Å². The Kier molecular flexibility index (Phi) is 1.99. The largest absolute Gasteiger partial charge is 0.255 e. The fourth-order valence-electron chi connectivity index (χ4n) is 0.692. The molecule has 0 fully saturated rings. The third-order valence-corrected chi connectivity index (χ3v) is 2.97. The summed E-state index contributed by atoms with van der Waals surface area (Å²) in [5.41, 5.74) is 0. The van der Waals surface area contributed by atoms with Crippen molar-refractivity contribution in [2.45, 2.75) is 12.3 Å². The van der Waals surface area contributed by atoms with Gasteiger partial charge in [-0.15, -0.1) is 0 Å². The van der Waals surface area contributed by atoms with E-state index >= 15 is 0 Å². The van der Waals surface area contributed by atoms with E-state index in [1.54, 1.807) is 25.4 Å². The van der Waals surface area contributed by atoms with Crippen LogP contribution in [0, 0.1) is 0 Å². The lowest BCUT2D eigenvalue weighted by atomic mass is 10.7. The molecule has 0 N–H and O–H groups in total. The van der Waals surface area contributed by atoms with E-state index in [4.69, 9.17) is 0 Å². The number of sulfone groups is 1. The molecule has 5 heteroatoms. The van der Waals surface area contributed by atoms with Crippen LogP contribution in [0.2, 0.25) is 0 Å². The van der Waals surface area contributed by atoms with Gasteiger partial charge in [-0.05, 0) is 13.0 Å². The van der Waals surface area contributed by atoms with Crippen LogP contribution >= 0.6 is 0 Å². The molecular formula is C6H10N2O2S. The third-order valence-electron chi connectivity index (χ3n) is 1.52. The van der Waals surface area contributed by atoms with Gasteiger partial charge in [0.1, 0.15) is 5.37 Å². The van der Waals surface area contributed by atoms with Gasteiger partial charge in [0.05, 0.1) is 0 Å². The molecule has 0 radical (unpaired) electrons. The Morgan fingerprint density at radius 1 is 1.55 bits per heavy atom. The summed E-state index contributed by atoms with van der Waals surface area (Å²) in [6.45, 7) is 1.60. The maximum atomic E-state index is 11.0. The average molecular weight is 174 g/mol. The zero-order valence-corrected chi connectivity index (χ0v) is 7.25. The summed E-state index contributed by atoms with van der Waals surface area (Å²) >= 11 is 0. The minimum Gasteiger partial charge on any atom is -0.255 e. The van der Waals surface area contributed by atoms with Crippen molar-refractivity contribution in [1.29, 1.82) is 0 Å². The highest BCUT2D eigenvalue weighted by Gasteiger charge is 2.15. The van der Waals surface area contributed by atoms with Crippen LogP contribution in [-0.4, -0.2) is 24.5 Å². The fraction of sp³-hybridized carbons (Fsp3) is 0.500. The summed E-state index contributed by atoms with van der Waals surface area (Å²) in [4.78, 5) is 0. The molecule has 0 spiro atoms. The van der Waals surface area contributed by atoms with Gasteiger partial charge in [-0.1, -0.05) is 0 Å². The highest BCUT2D eigenvalue weighted by Crippen LogP contribution is 2.09. The van der Waals surface area contributed by atoms with Crippen LogP contribution in [0.5, 0.6) is 0 Å². The fourth-order valence-corrected chi connectivity index (χ4v) is 1.21. The van der Waals surface area contributed by atoms with Crippen LogP contribution in [0.3, 0.4) is 0 Å². The topological polar surface area (TPSA) is 52.0 Å². The van der Waals surface area contributed by atoms with E-state index in [1.165, 1.54) is 10.9 Å². The van der Waals surface area contributed by atoms with E-state index in [0.717, 1.165) is 0 Å². The third kappa shape index (κ3) is 1.80. The average Bonchev–Trinajstić information content (AvgIpc) is 2.34. The number of nitrogens with zero attached hydrogens (tertiary/aromatic N) is 2. The van der Waals surface area contributed by atoms with Gasteiger partial charge in [-0.3, -0.25) is 4.68 Å². The zero-order chi connectivity index (χ0) is 8.48. The van der Waals surface area contributed by atoms with Gasteiger partial charge in [-0.25, -0.2) is 8.42 Å². The Balaban J connectivity index is 2.97. The van der Waals surface area contributed by atoms with Gasteiger partial charge < -0.3 is 0 Å². The van der Waals surface area contributed by atoms with Crippen LogP contribution < -0.4 is 0 Å². The van der Waals surface area contributed by atoms with E-state index in [9.17, 15) is 8.42 Å². The van der Waals surface area contributed by atoms with Gasteiger partial charge in [0.25, 0.3) is 0 Å². The van der Waals surface area contributed by atoms with Gasteiger partial charge in [-0.2, -0.15) is 5.10 Å². The standard InChI is InChI=1S/C6H10N2O2S/c1-6(11(2,9)10)8-5-3-4-7-8/h3-6H,1-2H3. The Morgan fingerprint density at radius 3 is 2.55 bits per heavy atom. The molecule has 11 heavy (non-hydrogen) atoms. The predicted octanol–water partition coefficient (Wildman–Crippen LogP) is 0.446. The Bertz CT molecular complexity index is 314. The van der Waals surface area contributed by atoms with E-state index in [1.807, 2.05) is 0 Å². The number of hydrogen-bond acceptors (Lipinski definition) is 3. The molecule has 0 aliphatic heterocycles. The molecule has 4 nitrogen and oxygen atoms in total. The molecular weight excluding hydrogens is 164 g/mol. The van der Waals surface area contributed by atoms with E-state index in [2.05, 4.69) is 5.10 Å². The Labute approximate surface area is 65.8 Å². The minimum absolute atomic E-state index is 0.572. The van der Waals surface area contributed by atoms with Crippen LogP contribution in [0.25, 0.3) is 0 Å². The normalized spacial score (nSPS) is 14.7. The van der Waals surface area contributed by atoms with Crippen molar-refractivity contribution in [2.75, 3.05) is 6.26 Å². The highest BCUT2D eigenvalue weighted by atomic mass is 32.2. The van der Waals surface area contributed by atoms with Gasteiger partial charge in [0, 0.05) is 18.6 Å². The molecule has 1 aromatic heterocycles. The van der Waals surface area contributed by atoms with Crippen molar-refractivity contribution in [1.82, 2.24) is 9.78 Å². The van der Waals surface area contributed by atoms with Crippen molar-refractivity contribution in [3.63, 3.8) is 0 Å². The first-order chi connectivity index (χ1) is 5.02. The number of aromatic nitrogens is 2. The lowest BCUT2D eigenvalue weighted by Gasteiger charge is -2.08. The zero-order valence-electron chi connectivity index (χ0n) is 6.43. The van der Waals surface area contributed by atoms with Gasteiger partial charge in [0.2, 0.25) is 0 Å². The van der Waals surface area contributed by atoms with Crippen molar-refractivity contribution in [3.8, 4) is 0 Å². The molecule has 62 valence electrons. The Morgan fingerprint density at radius 2 is 2.18 bits per heavy atom. The summed E-state index contributed by atoms with van der Waals surface area (Å²) in [6, 6.07) is 1.70. The first-order valence-electron chi connectivity index (χ1n) is 3.20. The van der Waals surface area contributed by atoms with Crippen LogP contribution in [0.15, 0.2) is 18.5 Å². The summed E-state index contributed by atoms with van der Waals surface area (Å²) in [5, 5.41) is 3.25. The predicted molar refractivity (Wildman–Crippen MR) is 41.8 cm³/mol. The molecule has 1 aromatic rings. The monoisotopic (exact) mass is 174 g/mol. The lowest BCUT2D eigenvalue weighted by Crippen LogP contribution is -2.15. The van der Waals surface area contributed by atoms with Crippen molar-refractivity contribution >= 4 is 9.84 Å². The highest BCUT2D eigenvalue weighted by molar-refractivity contribution is 7.90. The van der Waals surface area contributed by atoms with E-state index in [0.29, 0.717) is 0 Å². The van der Waals surface area contributed by atoms with E-state index < -0.39 is 15.2 Å². The lowest BCUT2D eigenvalue weighted by molar-refractivity contribution is 0.544. The van der Waals surface area contributed by atoms with Crippen LogP contribution in [0.4, 0.5) is 0 Å². The second kappa shape index (κ2) is 2.65. The molecule has 0 aromatic carbocycles. The van der Waals surface area contributed by atoms with Crippen molar-refractivity contribution in [3.05, 3.63) is 18.5 Å². The first-order valence-corrected chi connectivity index (χ1v) is 5.15. The maximum absolute atomic E-state index is 11.0. The molecule has 0 saturated heterocycles. The second-order valence-electron chi connectivity index (χ2n) is 2.41. The SMILES string of the molecule is CC(n1cccn1)S(C)(=O)=O. The smallest absolute Gasteiger partial charge is 0.170 e. The van der Waals surface area contributed by atoms with Crippen molar-refractivity contribution in [2.24, 2.45) is 0 Å². The molecule has 0 saturated carbocycles. The molecule has 1 heterocycles. The molecule has 0 aliphatic rings. The second-order valence-corrected chi connectivity index (χ2v) is 4.76. The molecule has 1 unspecified atom stereocenters. The van der Waals surface area contributed by atoms with E-state index in [-0.39, 0.29) is 0 Å². The summed E-state index contributed by atoms with van der Waals surface area (Å²) < 4.78 is 23.3. The van der Waals surface area contributed by atoms with Crippen LogP contribution in [0.1, 0.15) is 12.3 Å². The van der Waals surface area contributed by atoms with Gasteiger partial charge in [0.15, 0.2) is 9.84 Å². The van der Waals surface area contributed by atoms with Crippen LogP contribution in [-0.2, 0) is 9.84 Å². The molecule has 0 amide bonds. The number of hydrogen-bond donors (Lipinski definition) is 0. The maximum Gasteiger partial charge on any atom is 0.170 e. The minimum atomic E-state index is -3.03. The summed E-state index contributed by atoms with van der Waals surface area (Å²) in [5.74, 6) is 0. The number of rotatable bonds is 2. The summed E-state index contributed by atoms with van der Waals surface area (Å²) in [7, 11) is -3.03. The molecule has 0 bridgehead atoms. The molecule has 1 atom stereocenters.